The molecule has 2 aliphatic rings. The summed E-state index contributed by atoms with van der Waals surface area (Å²) in [5.41, 5.74) is 1.83. The molecule has 0 saturated carbocycles. The first-order chi connectivity index (χ1) is 18.1. The Morgan fingerprint density at radius 3 is 2.66 bits per heavy atom. The maximum absolute atomic E-state index is 14.1. The maximum atomic E-state index is 14.1. The number of ketones is 2. The smallest absolute Gasteiger partial charge is 0.272 e. The Kier molecular flexibility index (Phi) is 4.10. The Morgan fingerprint density at radius 1 is 1.13 bits per heavy atom. The molecule has 5 aromatic rings. The number of hydrogen-bond donors (Lipinski definition) is 3. The summed E-state index contributed by atoms with van der Waals surface area (Å²) < 4.78 is 7.48. The molecule has 1 aliphatic carbocycles. The van der Waals surface area contributed by atoms with Crippen LogP contribution >= 0.6 is 0 Å². The first-order valence-corrected chi connectivity index (χ1v) is 11.9. The SMILES string of the molecule is CC(=O)c1c(O)c(C)c(O)c2c1OC1=Cc3c(c(C)nn3-c3nnc4c(n3)[nH]c3ccccc34)C(=O)[C@@]12C. The van der Waals surface area contributed by atoms with Gasteiger partial charge in [0.1, 0.15) is 39.5 Å². The van der Waals surface area contributed by atoms with Gasteiger partial charge < -0.3 is 19.9 Å². The quantitative estimate of drug-likeness (QED) is 0.302. The molecule has 38 heavy (non-hydrogen) atoms. The predicted molar refractivity (Wildman–Crippen MR) is 136 cm³/mol. The highest BCUT2D eigenvalue weighted by Crippen LogP contribution is 2.58. The largest absolute Gasteiger partial charge is 0.507 e. The molecular weight excluding hydrogens is 488 g/mol. The average Bonchev–Trinajstić information content (AvgIpc) is 3.52. The number of para-hydroxylation sites is 1. The number of aromatic amines is 1. The maximum Gasteiger partial charge on any atom is 0.272 e. The molecule has 1 aliphatic heterocycles. The summed E-state index contributed by atoms with van der Waals surface area (Å²) >= 11 is 0. The molecule has 7 rings (SSSR count). The van der Waals surface area contributed by atoms with Crippen LogP contribution in [0.15, 0.2) is 30.0 Å². The third-order valence-corrected chi connectivity index (χ3v) is 7.54. The van der Waals surface area contributed by atoms with Crippen molar-refractivity contribution in [1.82, 2.24) is 29.9 Å². The van der Waals surface area contributed by atoms with Gasteiger partial charge in [0.25, 0.3) is 5.95 Å². The molecule has 188 valence electrons. The Balaban J connectivity index is 1.45. The number of rotatable bonds is 2. The van der Waals surface area contributed by atoms with Gasteiger partial charge in [-0.25, -0.2) is 0 Å². The van der Waals surface area contributed by atoms with E-state index in [-0.39, 0.29) is 51.4 Å². The number of allylic oxidation sites excluding steroid dienone is 1. The van der Waals surface area contributed by atoms with E-state index in [4.69, 9.17) is 4.74 Å². The molecule has 11 heteroatoms. The number of benzene rings is 2. The van der Waals surface area contributed by atoms with Crippen LogP contribution in [0.4, 0.5) is 0 Å². The van der Waals surface area contributed by atoms with Gasteiger partial charge in [-0.2, -0.15) is 14.8 Å². The molecular formula is C27H20N6O5. The number of hydrogen-bond acceptors (Lipinski definition) is 9. The van der Waals surface area contributed by atoms with Crippen LogP contribution < -0.4 is 4.74 Å². The molecule has 0 amide bonds. The highest BCUT2D eigenvalue weighted by molar-refractivity contribution is 6.14. The molecule has 4 heterocycles. The van der Waals surface area contributed by atoms with Crippen molar-refractivity contribution >= 4 is 39.7 Å². The summed E-state index contributed by atoms with van der Waals surface area (Å²) in [6.45, 7) is 6.09. The number of nitrogens with one attached hydrogen (secondary N) is 1. The molecule has 3 N–H and O–H groups in total. The number of aromatic hydroxyl groups is 2. The zero-order valence-corrected chi connectivity index (χ0v) is 20.7. The summed E-state index contributed by atoms with van der Waals surface area (Å²) in [6.07, 6.45) is 1.63. The second-order valence-electron chi connectivity index (χ2n) is 9.76. The number of aryl methyl sites for hydroxylation is 1. The lowest BCUT2D eigenvalue weighted by atomic mass is 9.71. The van der Waals surface area contributed by atoms with Crippen LogP contribution in [0, 0.1) is 13.8 Å². The molecule has 0 radical (unpaired) electrons. The van der Waals surface area contributed by atoms with Crippen molar-refractivity contribution in [3.8, 4) is 23.2 Å². The van der Waals surface area contributed by atoms with Crippen molar-refractivity contribution in [2.45, 2.75) is 33.1 Å². The topological polar surface area (TPSA) is 156 Å². The molecule has 0 bridgehead atoms. The molecule has 2 aromatic carbocycles. The van der Waals surface area contributed by atoms with Crippen molar-refractivity contribution in [3.05, 3.63) is 63.7 Å². The predicted octanol–water partition coefficient (Wildman–Crippen LogP) is 3.81. The van der Waals surface area contributed by atoms with Crippen LogP contribution in [0.25, 0.3) is 34.1 Å². The van der Waals surface area contributed by atoms with Crippen molar-refractivity contribution < 1.29 is 24.5 Å². The van der Waals surface area contributed by atoms with Crippen molar-refractivity contribution in [2.75, 3.05) is 0 Å². The number of Topliss-reactive ketones (excluding diaryl/α,β-unsaturated/α-hetero) is 2. The third kappa shape index (κ3) is 2.52. The summed E-state index contributed by atoms with van der Waals surface area (Å²) in [5, 5.41) is 35.7. The van der Waals surface area contributed by atoms with Crippen LogP contribution in [0.2, 0.25) is 0 Å². The van der Waals surface area contributed by atoms with Crippen LogP contribution in [-0.4, -0.2) is 51.7 Å². The van der Waals surface area contributed by atoms with Gasteiger partial charge in [-0.3, -0.25) is 9.59 Å². The fourth-order valence-corrected chi connectivity index (χ4v) is 5.54. The minimum absolute atomic E-state index is 0.0278. The number of carbonyl (C=O) groups is 2. The number of aromatic nitrogens is 6. The van der Waals surface area contributed by atoms with Crippen LogP contribution in [-0.2, 0) is 5.41 Å². The first-order valence-electron chi connectivity index (χ1n) is 11.9. The molecule has 1 atom stereocenters. The van der Waals surface area contributed by atoms with Crippen LogP contribution in [0.3, 0.4) is 0 Å². The van der Waals surface area contributed by atoms with Gasteiger partial charge in [-0.05, 0) is 33.8 Å². The first kappa shape index (κ1) is 22.2. The van der Waals surface area contributed by atoms with Crippen molar-refractivity contribution in [2.24, 2.45) is 0 Å². The monoisotopic (exact) mass is 508 g/mol. The summed E-state index contributed by atoms with van der Waals surface area (Å²) in [4.78, 5) is 34.4. The number of fused-ring (bicyclic) bond motifs is 7. The third-order valence-electron chi connectivity index (χ3n) is 7.54. The standard InChI is InChI=1S/C27H20N6O5/c1-10-21(35)18(12(3)34)23-19(22(10)36)27(4)16(38-23)9-15-17(24(27)37)11(2)32-33(15)26-29-25-20(30-31-26)13-7-5-6-8-14(13)28-25/h5-9,35-36H,1-4H3,(H,28,29,31)/t27-/m0/s1. The molecule has 0 saturated heterocycles. The minimum atomic E-state index is -1.44. The van der Waals surface area contributed by atoms with E-state index in [2.05, 4.69) is 25.3 Å². The average molecular weight is 508 g/mol. The van der Waals surface area contributed by atoms with E-state index < -0.39 is 11.2 Å². The van der Waals surface area contributed by atoms with E-state index in [1.807, 2.05) is 24.3 Å². The number of phenols is 2. The van der Waals surface area contributed by atoms with Crippen molar-refractivity contribution in [3.63, 3.8) is 0 Å². The number of carbonyl (C=O) groups excluding carboxylic acids is 2. The van der Waals surface area contributed by atoms with Crippen LogP contribution in [0.5, 0.6) is 17.2 Å². The Hall–Kier alpha value is -5.06. The second-order valence-corrected chi connectivity index (χ2v) is 9.76. The van der Waals surface area contributed by atoms with Crippen LogP contribution in [0.1, 0.15) is 57.1 Å². The molecule has 0 fully saturated rings. The lowest BCUT2D eigenvalue weighted by molar-refractivity contribution is 0.0905. The van der Waals surface area contributed by atoms with Gasteiger partial charge in [0, 0.05) is 22.5 Å². The van der Waals surface area contributed by atoms with Gasteiger partial charge in [0.2, 0.25) is 0 Å². The molecule has 0 unspecified atom stereocenters. The zero-order chi connectivity index (χ0) is 26.7. The van der Waals surface area contributed by atoms with E-state index in [0.717, 1.165) is 10.9 Å². The summed E-state index contributed by atoms with van der Waals surface area (Å²) in [6, 6.07) is 7.66. The van der Waals surface area contributed by atoms with E-state index in [1.54, 1.807) is 19.9 Å². The molecule has 11 nitrogen and oxygen atoms in total. The molecule has 0 spiro atoms. The zero-order valence-electron chi connectivity index (χ0n) is 20.7. The normalized spacial score (nSPS) is 17.8. The van der Waals surface area contributed by atoms with Crippen molar-refractivity contribution in [1.29, 1.82) is 0 Å². The second kappa shape index (κ2) is 7.03. The number of nitrogens with zero attached hydrogens (tertiary/aromatic N) is 5. The highest BCUT2D eigenvalue weighted by atomic mass is 16.5. The van der Waals surface area contributed by atoms with Gasteiger partial charge in [0.15, 0.2) is 17.2 Å². The number of ether oxygens (including phenoxy) is 1. The Labute approximate surface area is 214 Å². The lowest BCUT2D eigenvalue weighted by Gasteiger charge is -2.27. The fourth-order valence-electron chi connectivity index (χ4n) is 5.54. The highest BCUT2D eigenvalue weighted by Gasteiger charge is 2.55. The van der Waals surface area contributed by atoms with E-state index in [0.29, 0.717) is 28.1 Å². The van der Waals surface area contributed by atoms with Gasteiger partial charge in [-0.1, -0.05) is 18.2 Å². The van der Waals surface area contributed by atoms with Gasteiger partial charge in [0.05, 0.1) is 22.5 Å². The van der Waals surface area contributed by atoms with E-state index in [9.17, 15) is 19.8 Å². The van der Waals surface area contributed by atoms with Gasteiger partial charge in [-0.15, -0.1) is 10.2 Å². The number of phenolic OH excluding ortho intramolecular Hbond substituents is 2. The van der Waals surface area contributed by atoms with E-state index >= 15 is 0 Å². The summed E-state index contributed by atoms with van der Waals surface area (Å²) in [7, 11) is 0. The number of H-pyrrole nitrogens is 1. The Morgan fingerprint density at radius 2 is 1.89 bits per heavy atom. The summed E-state index contributed by atoms with van der Waals surface area (Å²) in [5.74, 6) is -1.20. The van der Waals surface area contributed by atoms with Gasteiger partial charge >= 0.3 is 0 Å². The lowest BCUT2D eigenvalue weighted by Crippen LogP contribution is -2.36. The Bertz CT molecular complexity index is 1970. The minimum Gasteiger partial charge on any atom is -0.507 e. The fraction of sp³-hybridized carbons (Fsp3) is 0.185. The molecule has 3 aromatic heterocycles. The van der Waals surface area contributed by atoms with E-state index in [1.165, 1.54) is 18.5 Å².